The molecule has 0 saturated carbocycles. The number of anilines is 2. The van der Waals surface area contributed by atoms with Gasteiger partial charge in [-0.2, -0.15) is 4.37 Å². The fraction of sp³-hybridized carbons (Fsp3) is 0.692. The third-order valence-corrected chi connectivity index (χ3v) is 3.76. The number of nitrogen functional groups attached to an aromatic ring is 1. The van der Waals surface area contributed by atoms with E-state index in [1.165, 1.54) is 24.4 Å². The van der Waals surface area contributed by atoms with E-state index in [2.05, 4.69) is 35.8 Å². The fourth-order valence-corrected chi connectivity index (χ4v) is 2.70. The van der Waals surface area contributed by atoms with Crippen molar-refractivity contribution in [1.82, 2.24) is 9.69 Å². The van der Waals surface area contributed by atoms with Gasteiger partial charge in [0.2, 0.25) is 0 Å². The Kier molecular flexibility index (Phi) is 6.08. The topological polar surface area (TPSA) is 80.0 Å². The first-order valence-electron chi connectivity index (χ1n) is 6.69. The summed E-state index contributed by atoms with van der Waals surface area (Å²) in [6.07, 6.45) is 3.47. The van der Waals surface area contributed by atoms with Crippen LogP contribution >= 0.6 is 11.5 Å². The first-order valence-corrected chi connectivity index (χ1v) is 7.46. The van der Waals surface area contributed by atoms with E-state index in [1.807, 2.05) is 0 Å². The SMILES string of the molecule is CNC(=O)c1c(N)nsc1NC(C)CCCC(C)C. The Bertz CT molecular complexity index is 417. The highest BCUT2D eigenvalue weighted by Crippen LogP contribution is 2.27. The van der Waals surface area contributed by atoms with Crippen LogP contribution in [0.25, 0.3) is 0 Å². The van der Waals surface area contributed by atoms with Crippen molar-refractivity contribution in [2.24, 2.45) is 5.92 Å². The number of aromatic nitrogens is 1. The molecule has 0 spiro atoms. The highest BCUT2D eigenvalue weighted by Gasteiger charge is 2.19. The third-order valence-electron chi connectivity index (χ3n) is 2.97. The highest BCUT2D eigenvalue weighted by atomic mass is 32.1. The van der Waals surface area contributed by atoms with Gasteiger partial charge in [-0.3, -0.25) is 4.79 Å². The number of nitrogens with zero attached hydrogens (tertiary/aromatic N) is 1. The second-order valence-corrected chi connectivity index (χ2v) is 5.99. The van der Waals surface area contributed by atoms with E-state index in [1.54, 1.807) is 7.05 Å². The summed E-state index contributed by atoms with van der Waals surface area (Å²) < 4.78 is 4.04. The van der Waals surface area contributed by atoms with E-state index in [0.717, 1.165) is 17.3 Å². The van der Waals surface area contributed by atoms with Crippen LogP contribution in [0.3, 0.4) is 0 Å². The van der Waals surface area contributed by atoms with Gasteiger partial charge in [0.05, 0.1) is 0 Å². The van der Waals surface area contributed by atoms with Gasteiger partial charge in [0.15, 0.2) is 5.82 Å². The standard InChI is InChI=1S/C13H24N4OS/c1-8(2)6-5-7-9(3)16-13-10(12(18)15-4)11(14)17-19-13/h8-9,16H,5-7H2,1-4H3,(H2,14,17)(H,15,18). The largest absolute Gasteiger partial charge is 0.382 e. The minimum Gasteiger partial charge on any atom is -0.382 e. The van der Waals surface area contributed by atoms with Crippen molar-refractivity contribution in [2.45, 2.75) is 46.1 Å². The molecule has 108 valence electrons. The Hall–Kier alpha value is -1.30. The molecule has 0 aliphatic heterocycles. The van der Waals surface area contributed by atoms with Crippen molar-refractivity contribution in [2.75, 3.05) is 18.1 Å². The molecule has 1 aromatic rings. The van der Waals surface area contributed by atoms with Gasteiger partial charge < -0.3 is 16.4 Å². The Morgan fingerprint density at radius 3 is 2.63 bits per heavy atom. The van der Waals surface area contributed by atoms with Gasteiger partial charge in [-0.25, -0.2) is 0 Å². The molecule has 1 amide bonds. The molecule has 0 aliphatic carbocycles. The molecular formula is C13H24N4OS. The van der Waals surface area contributed by atoms with Crippen molar-refractivity contribution in [1.29, 1.82) is 0 Å². The maximum Gasteiger partial charge on any atom is 0.257 e. The summed E-state index contributed by atoms with van der Waals surface area (Å²) in [6.45, 7) is 6.57. The Morgan fingerprint density at radius 1 is 1.37 bits per heavy atom. The molecule has 0 radical (unpaired) electrons. The predicted molar refractivity (Wildman–Crippen MR) is 81.7 cm³/mol. The fourth-order valence-electron chi connectivity index (χ4n) is 1.87. The predicted octanol–water partition coefficient (Wildman–Crippen LogP) is 2.71. The summed E-state index contributed by atoms with van der Waals surface area (Å²) in [5, 5.41) is 6.68. The average molecular weight is 284 g/mol. The summed E-state index contributed by atoms with van der Waals surface area (Å²) in [6, 6.07) is 0.307. The van der Waals surface area contributed by atoms with Crippen LogP contribution in [0, 0.1) is 5.92 Å². The highest BCUT2D eigenvalue weighted by molar-refractivity contribution is 7.11. The summed E-state index contributed by atoms with van der Waals surface area (Å²) in [5.74, 6) is 0.831. The molecule has 19 heavy (non-hydrogen) atoms. The number of nitrogens with two attached hydrogens (primary N) is 1. The maximum atomic E-state index is 11.7. The molecule has 0 saturated heterocycles. The van der Waals surface area contributed by atoms with Gasteiger partial charge in [-0.1, -0.05) is 26.7 Å². The van der Waals surface area contributed by atoms with Gasteiger partial charge in [0, 0.05) is 13.1 Å². The van der Waals surface area contributed by atoms with Crippen LogP contribution in [0.2, 0.25) is 0 Å². The Morgan fingerprint density at radius 2 is 2.05 bits per heavy atom. The summed E-state index contributed by atoms with van der Waals surface area (Å²) >= 11 is 1.24. The molecule has 0 aliphatic rings. The molecule has 1 rings (SSSR count). The molecule has 0 bridgehead atoms. The van der Waals surface area contributed by atoms with Gasteiger partial charge >= 0.3 is 0 Å². The number of carbonyl (C=O) groups excluding carboxylic acids is 1. The van der Waals surface area contributed by atoms with Crippen LogP contribution in [0.4, 0.5) is 10.8 Å². The van der Waals surface area contributed by atoms with Gasteiger partial charge in [0.1, 0.15) is 10.6 Å². The van der Waals surface area contributed by atoms with E-state index in [0.29, 0.717) is 17.4 Å². The molecule has 4 N–H and O–H groups in total. The molecule has 1 aromatic heterocycles. The van der Waals surface area contributed by atoms with Crippen molar-refractivity contribution in [3.63, 3.8) is 0 Å². The first kappa shape index (κ1) is 15.8. The van der Waals surface area contributed by atoms with Crippen molar-refractivity contribution < 1.29 is 4.79 Å². The second-order valence-electron chi connectivity index (χ2n) is 5.22. The number of carbonyl (C=O) groups is 1. The quantitative estimate of drug-likeness (QED) is 0.719. The lowest BCUT2D eigenvalue weighted by Gasteiger charge is -2.15. The van der Waals surface area contributed by atoms with E-state index in [-0.39, 0.29) is 5.91 Å². The molecule has 6 heteroatoms. The monoisotopic (exact) mass is 284 g/mol. The zero-order chi connectivity index (χ0) is 14.4. The molecule has 1 unspecified atom stereocenters. The van der Waals surface area contributed by atoms with Crippen LogP contribution < -0.4 is 16.4 Å². The van der Waals surface area contributed by atoms with Crippen LogP contribution in [0.5, 0.6) is 0 Å². The summed E-state index contributed by atoms with van der Waals surface area (Å²) in [7, 11) is 1.59. The number of nitrogens with one attached hydrogen (secondary N) is 2. The molecule has 5 nitrogen and oxygen atoms in total. The molecule has 0 fully saturated rings. The maximum absolute atomic E-state index is 11.7. The number of amides is 1. The van der Waals surface area contributed by atoms with E-state index in [4.69, 9.17) is 5.73 Å². The normalized spacial score (nSPS) is 12.5. The molecule has 1 atom stereocenters. The number of rotatable bonds is 7. The zero-order valence-corrected chi connectivity index (χ0v) is 12.9. The number of hydrogen-bond acceptors (Lipinski definition) is 5. The van der Waals surface area contributed by atoms with Crippen molar-refractivity contribution in [3.8, 4) is 0 Å². The van der Waals surface area contributed by atoms with E-state index >= 15 is 0 Å². The molecule has 0 aromatic carbocycles. The minimum absolute atomic E-state index is 0.192. The lowest BCUT2D eigenvalue weighted by molar-refractivity contribution is 0.0965. The Labute approximate surface area is 119 Å². The van der Waals surface area contributed by atoms with Gasteiger partial charge in [-0.15, -0.1) is 0 Å². The molecule has 1 heterocycles. The van der Waals surface area contributed by atoms with Crippen LogP contribution in [-0.4, -0.2) is 23.4 Å². The van der Waals surface area contributed by atoms with Crippen molar-refractivity contribution in [3.05, 3.63) is 5.56 Å². The lowest BCUT2D eigenvalue weighted by atomic mass is 10.0. The van der Waals surface area contributed by atoms with Crippen LogP contribution in [0.1, 0.15) is 50.4 Å². The summed E-state index contributed by atoms with van der Waals surface area (Å²) in [4.78, 5) is 11.7. The summed E-state index contributed by atoms with van der Waals surface area (Å²) in [5.41, 5.74) is 6.19. The lowest BCUT2D eigenvalue weighted by Crippen LogP contribution is -2.22. The van der Waals surface area contributed by atoms with Gasteiger partial charge in [-0.05, 0) is 30.8 Å². The second kappa shape index (κ2) is 7.33. The average Bonchev–Trinajstić information content (AvgIpc) is 2.69. The zero-order valence-electron chi connectivity index (χ0n) is 12.1. The third kappa shape index (κ3) is 4.70. The molecular weight excluding hydrogens is 260 g/mol. The minimum atomic E-state index is -0.192. The van der Waals surface area contributed by atoms with E-state index in [9.17, 15) is 4.79 Å². The number of hydrogen-bond donors (Lipinski definition) is 3. The van der Waals surface area contributed by atoms with Crippen molar-refractivity contribution >= 4 is 28.3 Å². The first-order chi connectivity index (χ1) is 8.95. The van der Waals surface area contributed by atoms with Crippen LogP contribution in [0.15, 0.2) is 0 Å². The Balaban J connectivity index is 2.59. The smallest absolute Gasteiger partial charge is 0.257 e. The van der Waals surface area contributed by atoms with Crippen LogP contribution in [-0.2, 0) is 0 Å². The van der Waals surface area contributed by atoms with Gasteiger partial charge in [0.25, 0.3) is 5.91 Å². The van der Waals surface area contributed by atoms with E-state index < -0.39 is 0 Å².